The van der Waals surface area contributed by atoms with Crippen molar-refractivity contribution in [2.24, 2.45) is 5.92 Å². The third kappa shape index (κ3) is 2.64. The van der Waals surface area contributed by atoms with E-state index < -0.39 is 5.97 Å². The molecule has 2 atom stereocenters. The monoisotopic (exact) mass is 249 g/mol. The van der Waals surface area contributed by atoms with Gasteiger partial charge in [-0.3, -0.25) is 9.69 Å². The highest BCUT2D eigenvalue weighted by Crippen LogP contribution is 2.34. The normalized spacial score (nSPS) is 24.8. The second kappa shape index (κ2) is 5.40. The van der Waals surface area contributed by atoms with E-state index in [1.807, 2.05) is 31.3 Å². The molecule has 0 radical (unpaired) electrons. The molecule has 1 fully saturated rings. The number of carbonyl (C=O) groups is 1. The van der Waals surface area contributed by atoms with Crippen molar-refractivity contribution >= 4 is 5.97 Å². The molecule has 0 aliphatic carbocycles. The molecule has 0 amide bonds. The van der Waals surface area contributed by atoms with Crippen molar-refractivity contribution in [3.05, 3.63) is 29.8 Å². The highest BCUT2D eigenvalue weighted by atomic mass is 16.5. The van der Waals surface area contributed by atoms with E-state index in [0.29, 0.717) is 6.42 Å². The maximum absolute atomic E-state index is 11.1. The van der Waals surface area contributed by atoms with Crippen molar-refractivity contribution in [3.8, 4) is 5.75 Å². The van der Waals surface area contributed by atoms with Gasteiger partial charge < -0.3 is 9.84 Å². The predicted octanol–water partition coefficient (Wildman–Crippen LogP) is 2.16. The first kappa shape index (κ1) is 12.9. The number of carboxylic acids is 1. The number of carboxylic acid groups (broad SMARTS) is 1. The third-order valence-electron chi connectivity index (χ3n) is 3.70. The van der Waals surface area contributed by atoms with Gasteiger partial charge in [0, 0.05) is 6.04 Å². The number of rotatable bonds is 3. The Morgan fingerprint density at radius 3 is 2.94 bits per heavy atom. The molecule has 4 heteroatoms. The Bertz CT molecular complexity index is 433. The number of piperidine rings is 1. The number of aliphatic carboxylic acids is 1. The van der Waals surface area contributed by atoms with Gasteiger partial charge in [-0.05, 0) is 44.1 Å². The first-order chi connectivity index (χ1) is 8.61. The van der Waals surface area contributed by atoms with Crippen molar-refractivity contribution in [1.29, 1.82) is 0 Å². The number of hydrogen-bond acceptors (Lipinski definition) is 3. The molecular formula is C14H19NO3. The molecule has 98 valence electrons. The van der Waals surface area contributed by atoms with Crippen LogP contribution in [-0.2, 0) is 4.79 Å². The van der Waals surface area contributed by atoms with Crippen molar-refractivity contribution in [2.45, 2.75) is 18.9 Å². The second-order valence-corrected chi connectivity index (χ2v) is 4.83. The molecule has 1 aliphatic heterocycles. The molecular weight excluding hydrogens is 230 g/mol. The molecule has 2 unspecified atom stereocenters. The average molecular weight is 249 g/mol. The number of benzene rings is 1. The van der Waals surface area contributed by atoms with E-state index in [1.165, 1.54) is 0 Å². The first-order valence-corrected chi connectivity index (χ1v) is 6.19. The molecule has 0 spiro atoms. The topological polar surface area (TPSA) is 49.8 Å². The molecule has 0 aromatic heterocycles. The Kier molecular flexibility index (Phi) is 3.87. The van der Waals surface area contributed by atoms with Crippen LogP contribution in [0.1, 0.15) is 24.4 Å². The van der Waals surface area contributed by atoms with Crippen molar-refractivity contribution < 1.29 is 14.6 Å². The summed E-state index contributed by atoms with van der Waals surface area (Å²) in [5.41, 5.74) is 1.13. The zero-order chi connectivity index (χ0) is 13.1. The van der Waals surface area contributed by atoms with Crippen LogP contribution in [0.3, 0.4) is 0 Å². The van der Waals surface area contributed by atoms with Crippen LogP contribution in [-0.4, -0.2) is 36.7 Å². The van der Waals surface area contributed by atoms with Crippen LogP contribution in [0.4, 0.5) is 0 Å². The maximum Gasteiger partial charge on any atom is 0.306 e. The highest BCUT2D eigenvalue weighted by Gasteiger charge is 2.31. The molecule has 0 saturated carbocycles. The molecule has 1 aliphatic rings. The Balaban J connectivity index is 2.21. The zero-order valence-corrected chi connectivity index (χ0v) is 10.8. The van der Waals surface area contributed by atoms with Gasteiger partial charge >= 0.3 is 5.97 Å². The zero-order valence-electron chi connectivity index (χ0n) is 10.8. The van der Waals surface area contributed by atoms with Crippen LogP contribution >= 0.6 is 0 Å². The molecule has 1 aromatic rings. The fourth-order valence-electron chi connectivity index (χ4n) is 2.55. The summed E-state index contributed by atoms with van der Waals surface area (Å²) < 4.78 is 5.22. The van der Waals surface area contributed by atoms with Crippen LogP contribution in [0.25, 0.3) is 0 Å². The van der Waals surface area contributed by atoms with E-state index in [-0.39, 0.29) is 12.0 Å². The molecule has 1 saturated heterocycles. The van der Waals surface area contributed by atoms with Gasteiger partial charge in [-0.1, -0.05) is 12.1 Å². The number of likely N-dealkylation sites (tertiary alicyclic amines) is 1. The fraction of sp³-hybridized carbons (Fsp3) is 0.500. The van der Waals surface area contributed by atoms with Crippen molar-refractivity contribution in [1.82, 2.24) is 4.90 Å². The van der Waals surface area contributed by atoms with Gasteiger partial charge in [-0.15, -0.1) is 0 Å². The number of methoxy groups -OCH3 is 1. The van der Waals surface area contributed by atoms with E-state index >= 15 is 0 Å². The van der Waals surface area contributed by atoms with Crippen molar-refractivity contribution in [3.63, 3.8) is 0 Å². The maximum atomic E-state index is 11.1. The van der Waals surface area contributed by atoms with E-state index in [0.717, 1.165) is 24.3 Å². The summed E-state index contributed by atoms with van der Waals surface area (Å²) in [4.78, 5) is 13.3. The average Bonchev–Trinajstić information content (AvgIpc) is 2.39. The first-order valence-electron chi connectivity index (χ1n) is 6.19. The summed E-state index contributed by atoms with van der Waals surface area (Å²) in [6.07, 6.45) is 1.39. The minimum absolute atomic E-state index is 0.162. The minimum atomic E-state index is -0.684. The molecule has 0 bridgehead atoms. The minimum Gasteiger partial charge on any atom is -0.497 e. The highest BCUT2D eigenvalue weighted by molar-refractivity contribution is 5.70. The standard InChI is InChI=1S/C14H19NO3/c1-15-7-6-11(14(16)17)9-13(15)10-4-3-5-12(8-10)18-2/h3-5,8,11,13H,6-7,9H2,1-2H3,(H,16,17). The summed E-state index contributed by atoms with van der Waals surface area (Å²) in [6, 6.07) is 8.04. The van der Waals surface area contributed by atoms with Gasteiger partial charge in [0.15, 0.2) is 0 Å². The summed E-state index contributed by atoms with van der Waals surface area (Å²) in [5, 5.41) is 9.15. The summed E-state index contributed by atoms with van der Waals surface area (Å²) >= 11 is 0. The van der Waals surface area contributed by atoms with Crippen molar-refractivity contribution in [2.75, 3.05) is 20.7 Å². The summed E-state index contributed by atoms with van der Waals surface area (Å²) in [5.74, 6) is -0.105. The lowest BCUT2D eigenvalue weighted by Gasteiger charge is -2.36. The lowest BCUT2D eigenvalue weighted by atomic mass is 9.87. The molecule has 1 aromatic carbocycles. The van der Waals surface area contributed by atoms with E-state index in [9.17, 15) is 4.79 Å². The predicted molar refractivity (Wildman–Crippen MR) is 68.7 cm³/mol. The van der Waals surface area contributed by atoms with Gasteiger partial charge in [-0.2, -0.15) is 0 Å². The van der Waals surface area contributed by atoms with Gasteiger partial charge in [0.1, 0.15) is 5.75 Å². The largest absolute Gasteiger partial charge is 0.497 e. The number of hydrogen-bond donors (Lipinski definition) is 1. The van der Waals surface area contributed by atoms with Crippen LogP contribution in [0, 0.1) is 5.92 Å². The molecule has 2 rings (SSSR count). The Hall–Kier alpha value is -1.55. The Labute approximate surface area is 107 Å². The van der Waals surface area contributed by atoms with Gasteiger partial charge in [0.25, 0.3) is 0 Å². The third-order valence-corrected chi connectivity index (χ3v) is 3.70. The molecule has 1 heterocycles. The lowest BCUT2D eigenvalue weighted by molar-refractivity contribution is -0.144. The lowest BCUT2D eigenvalue weighted by Crippen LogP contribution is -2.36. The van der Waals surface area contributed by atoms with E-state index in [2.05, 4.69) is 4.90 Å². The Morgan fingerprint density at radius 2 is 2.28 bits per heavy atom. The summed E-state index contributed by atoms with van der Waals surface area (Å²) in [7, 11) is 3.69. The smallest absolute Gasteiger partial charge is 0.306 e. The second-order valence-electron chi connectivity index (χ2n) is 4.83. The van der Waals surface area contributed by atoms with Crippen LogP contribution < -0.4 is 4.74 Å². The van der Waals surface area contributed by atoms with Crippen LogP contribution in [0.5, 0.6) is 5.75 Å². The van der Waals surface area contributed by atoms with Gasteiger partial charge in [0.2, 0.25) is 0 Å². The van der Waals surface area contributed by atoms with Crippen LogP contribution in [0.15, 0.2) is 24.3 Å². The molecule has 1 N–H and O–H groups in total. The Morgan fingerprint density at radius 1 is 1.50 bits per heavy atom. The van der Waals surface area contributed by atoms with E-state index in [4.69, 9.17) is 9.84 Å². The van der Waals surface area contributed by atoms with Gasteiger partial charge in [-0.25, -0.2) is 0 Å². The summed E-state index contributed by atoms with van der Waals surface area (Å²) in [6.45, 7) is 0.818. The molecule has 4 nitrogen and oxygen atoms in total. The SMILES string of the molecule is COc1cccc(C2CC(C(=O)O)CCN2C)c1. The number of nitrogens with zero attached hydrogens (tertiary/aromatic N) is 1. The fourth-order valence-corrected chi connectivity index (χ4v) is 2.55. The van der Waals surface area contributed by atoms with E-state index in [1.54, 1.807) is 7.11 Å². The van der Waals surface area contributed by atoms with Gasteiger partial charge in [0.05, 0.1) is 13.0 Å². The number of ether oxygens (including phenoxy) is 1. The molecule has 18 heavy (non-hydrogen) atoms. The quantitative estimate of drug-likeness (QED) is 0.892. The van der Waals surface area contributed by atoms with Crippen LogP contribution in [0.2, 0.25) is 0 Å².